The van der Waals surface area contributed by atoms with Crippen molar-refractivity contribution in [1.29, 1.82) is 0 Å². The van der Waals surface area contributed by atoms with Gasteiger partial charge >= 0.3 is 0 Å². The molecule has 0 unspecified atom stereocenters. The third-order valence-electron chi connectivity index (χ3n) is 4.13. The number of allylic oxidation sites excluding steroid dienone is 1. The number of hydrogen-bond acceptors (Lipinski definition) is 4. The van der Waals surface area contributed by atoms with Crippen molar-refractivity contribution >= 4 is 44.0 Å². The molecule has 0 radical (unpaired) electrons. The van der Waals surface area contributed by atoms with E-state index in [0.717, 1.165) is 23.3 Å². The van der Waals surface area contributed by atoms with Crippen molar-refractivity contribution in [3.63, 3.8) is 0 Å². The van der Waals surface area contributed by atoms with Gasteiger partial charge in [-0.2, -0.15) is 0 Å². The second kappa shape index (κ2) is 7.26. The van der Waals surface area contributed by atoms with E-state index >= 15 is 0 Å². The van der Waals surface area contributed by atoms with Gasteiger partial charge in [0.15, 0.2) is 0 Å². The highest BCUT2D eigenvalue weighted by molar-refractivity contribution is 7.91. The van der Waals surface area contributed by atoms with Crippen molar-refractivity contribution in [3.05, 3.63) is 70.4 Å². The fraction of sp³-hybridized carbons (Fsp3) is 0.100. The second-order valence-electron chi connectivity index (χ2n) is 6.45. The molecule has 0 aliphatic carbocycles. The highest BCUT2D eigenvalue weighted by atomic mass is 35.5. The van der Waals surface area contributed by atoms with Crippen LogP contribution in [0.5, 0.6) is 0 Å². The van der Waals surface area contributed by atoms with Crippen LogP contribution < -0.4 is 5.73 Å². The molecule has 3 rings (SSSR count). The minimum atomic E-state index is -4.06. The summed E-state index contributed by atoms with van der Waals surface area (Å²) in [6.45, 7) is 3.58. The molecule has 8 heteroatoms. The van der Waals surface area contributed by atoms with Crippen LogP contribution in [-0.4, -0.2) is 25.1 Å². The van der Waals surface area contributed by atoms with E-state index in [0.29, 0.717) is 15.9 Å². The number of carbonyl (C=O) groups is 2. The van der Waals surface area contributed by atoms with Crippen molar-refractivity contribution in [1.82, 2.24) is 4.98 Å². The Balaban J connectivity index is 2.34. The van der Waals surface area contributed by atoms with Crippen molar-refractivity contribution < 1.29 is 18.0 Å². The molecule has 0 saturated heterocycles. The number of H-pyrrole nitrogens is 1. The Morgan fingerprint density at radius 1 is 1.04 bits per heavy atom. The quantitative estimate of drug-likeness (QED) is 0.489. The zero-order valence-electron chi connectivity index (χ0n) is 15.1. The second-order valence-corrected chi connectivity index (χ2v) is 8.77. The molecule has 28 heavy (non-hydrogen) atoms. The van der Waals surface area contributed by atoms with Crippen LogP contribution in [0.3, 0.4) is 0 Å². The van der Waals surface area contributed by atoms with Crippen LogP contribution in [0.2, 0.25) is 5.02 Å². The molecule has 0 saturated carbocycles. The Hall–Kier alpha value is -2.90. The number of ketones is 1. The van der Waals surface area contributed by atoms with E-state index in [1.807, 2.05) is 6.07 Å². The number of fused-ring (bicyclic) bond motifs is 1. The van der Waals surface area contributed by atoms with Gasteiger partial charge < -0.3 is 10.7 Å². The molecule has 0 aliphatic heterocycles. The number of hydrogen-bond donors (Lipinski definition) is 2. The Kier molecular flexibility index (Phi) is 5.14. The number of benzene rings is 2. The lowest BCUT2D eigenvalue weighted by molar-refractivity contribution is -0.113. The van der Waals surface area contributed by atoms with Gasteiger partial charge in [-0.1, -0.05) is 17.7 Å². The first-order chi connectivity index (χ1) is 13.1. The maximum atomic E-state index is 13.5. The number of amides is 1. The van der Waals surface area contributed by atoms with Crippen molar-refractivity contribution in [3.8, 4) is 0 Å². The van der Waals surface area contributed by atoms with E-state index in [9.17, 15) is 18.0 Å². The van der Waals surface area contributed by atoms with Crippen LogP contribution in [0.15, 0.2) is 58.3 Å². The van der Waals surface area contributed by atoms with Gasteiger partial charge in [0.25, 0.3) is 0 Å². The van der Waals surface area contributed by atoms with Crippen molar-refractivity contribution in [2.75, 3.05) is 0 Å². The van der Waals surface area contributed by atoms with Crippen LogP contribution in [0.1, 0.15) is 21.6 Å². The first kappa shape index (κ1) is 19.9. The van der Waals surface area contributed by atoms with Crippen LogP contribution >= 0.6 is 11.6 Å². The lowest BCUT2D eigenvalue weighted by atomic mass is 10.2. The van der Waals surface area contributed by atoms with E-state index in [-0.39, 0.29) is 15.5 Å². The standard InChI is InChI=1S/C20H17ClN2O4S/c1-11-7-12(2)9-14(8-11)28(26,27)20-15-10-13(21)3-4-16(15)23-19(20)17(24)5-6-18(22)25/h3-10,23H,1-2H3,(H2,22,25)/b6-5+. The number of sulfone groups is 1. The normalized spacial score (nSPS) is 12.0. The molecular formula is C20H17ClN2O4S. The fourth-order valence-electron chi connectivity index (χ4n) is 3.04. The van der Waals surface area contributed by atoms with Crippen LogP contribution in [0, 0.1) is 13.8 Å². The minimum Gasteiger partial charge on any atom is -0.366 e. The summed E-state index contributed by atoms with van der Waals surface area (Å²) < 4.78 is 26.9. The molecule has 0 aliphatic rings. The number of primary amides is 1. The summed E-state index contributed by atoms with van der Waals surface area (Å²) in [6.07, 6.45) is 1.82. The molecule has 0 atom stereocenters. The highest BCUT2D eigenvalue weighted by Gasteiger charge is 2.29. The highest BCUT2D eigenvalue weighted by Crippen LogP contribution is 2.34. The van der Waals surface area contributed by atoms with Crippen molar-refractivity contribution in [2.24, 2.45) is 5.73 Å². The largest absolute Gasteiger partial charge is 0.366 e. The number of halogens is 1. The first-order valence-electron chi connectivity index (χ1n) is 8.26. The number of nitrogens with one attached hydrogen (secondary N) is 1. The van der Waals surface area contributed by atoms with Gasteiger partial charge in [-0.3, -0.25) is 9.59 Å². The molecule has 1 amide bonds. The summed E-state index contributed by atoms with van der Waals surface area (Å²) in [7, 11) is -4.06. The smallest absolute Gasteiger partial charge is 0.241 e. The minimum absolute atomic E-state index is 0.0683. The fourth-order valence-corrected chi connectivity index (χ4v) is 5.01. The molecule has 0 bridgehead atoms. The van der Waals surface area contributed by atoms with E-state index in [4.69, 9.17) is 17.3 Å². The Morgan fingerprint density at radius 2 is 1.68 bits per heavy atom. The molecule has 6 nitrogen and oxygen atoms in total. The monoisotopic (exact) mass is 416 g/mol. The van der Waals surface area contributed by atoms with Gasteiger partial charge in [-0.15, -0.1) is 0 Å². The van der Waals surface area contributed by atoms with E-state index in [1.165, 1.54) is 6.07 Å². The lowest BCUT2D eigenvalue weighted by Gasteiger charge is -2.08. The van der Waals surface area contributed by atoms with Gasteiger partial charge in [0, 0.05) is 22.0 Å². The van der Waals surface area contributed by atoms with Gasteiger partial charge in [-0.25, -0.2) is 8.42 Å². The molecule has 1 aromatic heterocycles. The van der Waals surface area contributed by atoms with Gasteiger partial charge in [0.1, 0.15) is 10.6 Å². The Morgan fingerprint density at radius 3 is 2.29 bits per heavy atom. The average Bonchev–Trinajstić information content (AvgIpc) is 2.98. The van der Waals surface area contributed by atoms with Gasteiger partial charge in [0.05, 0.1) is 4.90 Å². The summed E-state index contributed by atoms with van der Waals surface area (Å²) in [6, 6.07) is 9.59. The molecule has 0 fully saturated rings. The average molecular weight is 417 g/mol. The SMILES string of the molecule is Cc1cc(C)cc(S(=O)(=O)c2c(C(=O)/C=C/C(N)=O)[nH]c3ccc(Cl)cc23)c1. The number of carbonyl (C=O) groups excluding carboxylic acids is 2. The molecule has 2 aromatic carbocycles. The molecule has 3 N–H and O–H groups in total. The van der Waals surface area contributed by atoms with E-state index in [1.54, 1.807) is 38.1 Å². The number of aromatic nitrogens is 1. The Labute approximate surface area is 166 Å². The number of nitrogens with two attached hydrogens (primary N) is 1. The van der Waals surface area contributed by atoms with Crippen molar-refractivity contribution in [2.45, 2.75) is 23.6 Å². The molecule has 1 heterocycles. The maximum Gasteiger partial charge on any atom is 0.241 e. The maximum absolute atomic E-state index is 13.5. The Bertz CT molecular complexity index is 1240. The molecule has 3 aromatic rings. The molecule has 0 spiro atoms. The molecule has 144 valence electrons. The molecular weight excluding hydrogens is 400 g/mol. The first-order valence-corrected chi connectivity index (χ1v) is 10.1. The number of aromatic amines is 1. The third kappa shape index (κ3) is 3.72. The topological polar surface area (TPSA) is 110 Å². The van der Waals surface area contributed by atoms with Crippen LogP contribution in [0.25, 0.3) is 10.9 Å². The predicted octanol–water partition coefficient (Wildman–Crippen LogP) is 3.50. The third-order valence-corrected chi connectivity index (χ3v) is 6.19. The zero-order chi connectivity index (χ0) is 20.6. The lowest BCUT2D eigenvalue weighted by Crippen LogP contribution is -2.10. The predicted molar refractivity (Wildman–Crippen MR) is 107 cm³/mol. The summed E-state index contributed by atoms with van der Waals surface area (Å²) in [5, 5.41) is 0.623. The zero-order valence-corrected chi connectivity index (χ0v) is 16.7. The summed E-state index contributed by atoms with van der Waals surface area (Å²) in [4.78, 5) is 26.3. The van der Waals surface area contributed by atoms with Gasteiger partial charge in [0.2, 0.25) is 21.5 Å². The van der Waals surface area contributed by atoms with E-state index < -0.39 is 21.5 Å². The number of rotatable bonds is 5. The summed E-state index contributed by atoms with van der Waals surface area (Å²) >= 11 is 6.06. The summed E-state index contributed by atoms with van der Waals surface area (Å²) in [5.41, 5.74) is 6.86. The van der Waals surface area contributed by atoms with E-state index in [2.05, 4.69) is 4.98 Å². The van der Waals surface area contributed by atoms with Crippen LogP contribution in [-0.2, 0) is 14.6 Å². The summed E-state index contributed by atoms with van der Waals surface area (Å²) in [5.74, 6) is -1.50. The number of aryl methyl sites for hydroxylation is 2. The van der Waals surface area contributed by atoms with Gasteiger partial charge in [-0.05, 0) is 61.4 Å². The van der Waals surface area contributed by atoms with Crippen LogP contribution in [0.4, 0.5) is 0 Å².